The first-order valence-corrected chi connectivity index (χ1v) is 9.19. The standard InChI is InChI=1S/C12H27N3O3Si/c1-3-17-19(18-4-2,15-9-7-13)10-12(16)11-6-5-8-14-11/h11,14-15H,3-10,13H2,1-2H3/t11-/m0/s1. The zero-order valence-electron chi connectivity index (χ0n) is 12.0. The monoisotopic (exact) mass is 289 g/mol. The number of nitrogens with two attached hydrogens (primary N) is 1. The molecule has 1 saturated heterocycles. The summed E-state index contributed by atoms with van der Waals surface area (Å²) in [6.45, 7) is 6.95. The SMILES string of the molecule is CCO[Si](CC(=O)[C@@H]1CCCN1)(NCCN)OCC. The molecule has 1 fully saturated rings. The maximum absolute atomic E-state index is 12.3. The number of hydrogen-bond donors (Lipinski definition) is 3. The van der Waals surface area contributed by atoms with Gasteiger partial charge in [-0.1, -0.05) is 0 Å². The first-order chi connectivity index (χ1) is 9.17. The van der Waals surface area contributed by atoms with E-state index in [0.717, 1.165) is 19.4 Å². The number of carbonyl (C=O) groups excluding carboxylic acids is 1. The van der Waals surface area contributed by atoms with E-state index in [1.807, 2.05) is 13.8 Å². The van der Waals surface area contributed by atoms with Gasteiger partial charge >= 0.3 is 8.72 Å². The lowest BCUT2D eigenvalue weighted by atomic mass is 10.2. The maximum atomic E-state index is 12.3. The van der Waals surface area contributed by atoms with Crippen LogP contribution in [0.1, 0.15) is 26.7 Å². The van der Waals surface area contributed by atoms with E-state index in [-0.39, 0.29) is 11.8 Å². The molecule has 1 atom stereocenters. The van der Waals surface area contributed by atoms with Gasteiger partial charge in [0, 0.05) is 26.3 Å². The van der Waals surface area contributed by atoms with Crippen LogP contribution in [-0.2, 0) is 13.6 Å². The summed E-state index contributed by atoms with van der Waals surface area (Å²) in [6, 6.07) is 0.305. The van der Waals surface area contributed by atoms with Crippen molar-refractivity contribution in [1.29, 1.82) is 0 Å². The summed E-state index contributed by atoms with van der Waals surface area (Å²) >= 11 is 0. The summed E-state index contributed by atoms with van der Waals surface area (Å²) in [5.41, 5.74) is 5.53. The van der Waals surface area contributed by atoms with Gasteiger partial charge in [-0.15, -0.1) is 0 Å². The van der Waals surface area contributed by atoms with Crippen molar-refractivity contribution in [2.24, 2.45) is 5.73 Å². The Morgan fingerprint density at radius 1 is 1.42 bits per heavy atom. The van der Waals surface area contributed by atoms with Crippen molar-refractivity contribution in [3.05, 3.63) is 0 Å². The molecule has 1 aliphatic rings. The lowest BCUT2D eigenvalue weighted by Gasteiger charge is -2.30. The van der Waals surface area contributed by atoms with E-state index >= 15 is 0 Å². The summed E-state index contributed by atoms with van der Waals surface area (Å²) in [7, 11) is -2.67. The predicted molar refractivity (Wildman–Crippen MR) is 76.9 cm³/mol. The molecular formula is C12H27N3O3Si. The molecule has 1 heterocycles. The van der Waals surface area contributed by atoms with E-state index < -0.39 is 8.72 Å². The Hall–Kier alpha value is -0.313. The molecule has 0 radical (unpaired) electrons. The number of ketones is 1. The lowest BCUT2D eigenvalue weighted by molar-refractivity contribution is -0.119. The molecule has 1 aliphatic heterocycles. The van der Waals surface area contributed by atoms with E-state index in [0.29, 0.717) is 32.3 Å². The van der Waals surface area contributed by atoms with Gasteiger partial charge in [-0.3, -0.25) is 9.78 Å². The largest absolute Gasteiger partial charge is 0.432 e. The molecule has 0 aromatic carbocycles. The summed E-state index contributed by atoms with van der Waals surface area (Å²) in [4.78, 5) is 15.6. The first-order valence-electron chi connectivity index (χ1n) is 7.16. The Balaban J connectivity index is 2.65. The Morgan fingerprint density at radius 2 is 2.11 bits per heavy atom. The molecule has 0 aromatic heterocycles. The number of carbonyl (C=O) groups is 1. The van der Waals surface area contributed by atoms with Crippen molar-refractivity contribution in [2.75, 3.05) is 32.8 Å². The summed E-state index contributed by atoms with van der Waals surface area (Å²) in [5, 5.41) is 3.23. The van der Waals surface area contributed by atoms with Gasteiger partial charge < -0.3 is 19.9 Å². The molecule has 6 nitrogen and oxygen atoms in total. The van der Waals surface area contributed by atoms with E-state index in [1.165, 1.54) is 0 Å². The van der Waals surface area contributed by atoms with Gasteiger partial charge in [0.05, 0.1) is 12.1 Å². The third-order valence-corrected chi connectivity index (χ3v) is 6.26. The second-order valence-corrected chi connectivity index (χ2v) is 7.42. The van der Waals surface area contributed by atoms with Gasteiger partial charge in [-0.25, -0.2) is 0 Å². The minimum absolute atomic E-state index is 0.0348. The van der Waals surface area contributed by atoms with E-state index in [4.69, 9.17) is 14.6 Å². The zero-order chi connectivity index (χ0) is 14.1. The number of hydrogen-bond acceptors (Lipinski definition) is 6. The van der Waals surface area contributed by atoms with Gasteiger partial charge in [0.2, 0.25) is 0 Å². The molecule has 112 valence electrons. The average Bonchev–Trinajstić information content (AvgIpc) is 2.91. The average molecular weight is 289 g/mol. The van der Waals surface area contributed by atoms with Crippen LogP contribution in [0.5, 0.6) is 0 Å². The normalized spacial score (nSPS) is 19.8. The van der Waals surface area contributed by atoms with Crippen LogP contribution in [0.4, 0.5) is 0 Å². The van der Waals surface area contributed by atoms with Crippen molar-refractivity contribution < 1.29 is 13.6 Å². The molecule has 0 bridgehead atoms. The molecule has 0 amide bonds. The van der Waals surface area contributed by atoms with Crippen LogP contribution in [-0.4, -0.2) is 53.4 Å². The van der Waals surface area contributed by atoms with Gasteiger partial charge in [0.1, 0.15) is 0 Å². The van der Waals surface area contributed by atoms with Crippen molar-refractivity contribution in [1.82, 2.24) is 10.3 Å². The van der Waals surface area contributed by atoms with Crippen LogP contribution in [0.2, 0.25) is 6.04 Å². The highest BCUT2D eigenvalue weighted by molar-refractivity contribution is 6.68. The molecule has 0 spiro atoms. The molecule has 0 saturated carbocycles. The smallest absolute Gasteiger partial charge is 0.383 e. The van der Waals surface area contributed by atoms with Gasteiger partial charge in [0.25, 0.3) is 0 Å². The highest BCUT2D eigenvalue weighted by Crippen LogP contribution is 2.16. The topological polar surface area (TPSA) is 85.6 Å². The second-order valence-electron chi connectivity index (χ2n) is 4.63. The molecule has 0 unspecified atom stereocenters. The van der Waals surface area contributed by atoms with Crippen LogP contribution in [0.15, 0.2) is 0 Å². The molecule has 7 heteroatoms. The van der Waals surface area contributed by atoms with Crippen molar-refractivity contribution in [3.8, 4) is 0 Å². The van der Waals surface area contributed by atoms with Gasteiger partial charge in [0.15, 0.2) is 5.78 Å². The van der Waals surface area contributed by atoms with Crippen LogP contribution < -0.4 is 16.0 Å². The van der Waals surface area contributed by atoms with Crippen molar-refractivity contribution >= 4 is 14.5 Å². The van der Waals surface area contributed by atoms with Crippen molar-refractivity contribution in [2.45, 2.75) is 38.8 Å². The fourth-order valence-electron chi connectivity index (χ4n) is 2.35. The fourth-order valence-corrected chi connectivity index (χ4v) is 5.13. The highest BCUT2D eigenvalue weighted by Gasteiger charge is 2.42. The van der Waals surface area contributed by atoms with Crippen LogP contribution in [0.25, 0.3) is 0 Å². The van der Waals surface area contributed by atoms with Crippen LogP contribution >= 0.6 is 0 Å². The Bertz CT molecular complexity index is 267. The molecule has 19 heavy (non-hydrogen) atoms. The van der Waals surface area contributed by atoms with E-state index in [1.54, 1.807) is 0 Å². The summed E-state index contributed by atoms with van der Waals surface area (Å²) in [6.07, 6.45) is 1.98. The Morgan fingerprint density at radius 3 is 2.58 bits per heavy atom. The third-order valence-electron chi connectivity index (χ3n) is 3.15. The highest BCUT2D eigenvalue weighted by atomic mass is 28.4. The molecule has 0 aliphatic carbocycles. The minimum Gasteiger partial charge on any atom is -0.383 e. The molecule has 4 N–H and O–H groups in total. The van der Waals surface area contributed by atoms with Crippen LogP contribution in [0.3, 0.4) is 0 Å². The number of Topliss-reactive ketones (excluding diaryl/α,β-unsaturated/α-hetero) is 1. The van der Waals surface area contributed by atoms with Crippen molar-refractivity contribution in [3.63, 3.8) is 0 Å². The fraction of sp³-hybridized carbons (Fsp3) is 0.917. The Labute approximate surface area is 116 Å². The zero-order valence-corrected chi connectivity index (χ0v) is 13.0. The molecule has 0 aromatic rings. The molecular weight excluding hydrogens is 262 g/mol. The lowest BCUT2D eigenvalue weighted by Crippen LogP contribution is -2.59. The van der Waals surface area contributed by atoms with Gasteiger partial charge in [-0.05, 0) is 33.2 Å². The first kappa shape index (κ1) is 16.7. The van der Waals surface area contributed by atoms with E-state index in [9.17, 15) is 4.79 Å². The third kappa shape index (κ3) is 5.29. The van der Waals surface area contributed by atoms with Crippen LogP contribution in [0, 0.1) is 0 Å². The maximum Gasteiger partial charge on any atom is 0.432 e. The van der Waals surface area contributed by atoms with E-state index in [2.05, 4.69) is 10.3 Å². The summed E-state index contributed by atoms with van der Waals surface area (Å²) in [5.74, 6) is 0.190. The number of rotatable bonds is 10. The second kappa shape index (κ2) is 8.78. The number of nitrogens with one attached hydrogen (secondary N) is 2. The predicted octanol–water partition coefficient (Wildman–Crippen LogP) is -0.132. The minimum atomic E-state index is -2.67. The summed E-state index contributed by atoms with van der Waals surface area (Å²) < 4.78 is 11.6. The Kier molecular flexibility index (Phi) is 7.73. The molecule has 1 rings (SSSR count). The van der Waals surface area contributed by atoms with Gasteiger partial charge in [-0.2, -0.15) is 0 Å². The quantitative estimate of drug-likeness (QED) is 0.486.